The zero-order valence-electron chi connectivity index (χ0n) is 15.7. The largest absolute Gasteiger partial charge is 0.454 e. The minimum atomic E-state index is -0.150. The molecule has 2 aromatic carbocycles. The molecule has 0 bridgehead atoms. The van der Waals surface area contributed by atoms with Crippen LogP contribution in [0.4, 0.5) is 0 Å². The molecule has 1 N–H and O–H groups in total. The van der Waals surface area contributed by atoms with Crippen molar-refractivity contribution < 1.29 is 14.3 Å². The van der Waals surface area contributed by atoms with E-state index in [-0.39, 0.29) is 12.7 Å². The van der Waals surface area contributed by atoms with E-state index in [1.807, 2.05) is 37.3 Å². The summed E-state index contributed by atoms with van der Waals surface area (Å²) in [6.45, 7) is 4.75. The van der Waals surface area contributed by atoms with E-state index in [4.69, 9.17) is 9.47 Å². The highest BCUT2D eigenvalue weighted by molar-refractivity contribution is 7.15. The summed E-state index contributed by atoms with van der Waals surface area (Å²) in [5, 5.41) is 3.91. The first-order valence-electron chi connectivity index (χ1n) is 8.98. The number of carbonyl (C=O) groups excluding carboxylic acids is 1. The lowest BCUT2D eigenvalue weighted by Crippen LogP contribution is -2.20. The Bertz CT molecular complexity index is 1060. The number of fused-ring (bicyclic) bond motifs is 1. The quantitative estimate of drug-likeness (QED) is 0.650. The SMILES string of the molecule is Cc1ccccc1-c1nc(C)c(CNC(=O)/C=C/c2ccc3c(c2)OCO3)s1. The van der Waals surface area contributed by atoms with E-state index in [1.165, 1.54) is 11.6 Å². The van der Waals surface area contributed by atoms with Crippen molar-refractivity contribution in [1.82, 2.24) is 10.3 Å². The second-order valence-electron chi connectivity index (χ2n) is 6.51. The Morgan fingerprint density at radius 2 is 2.00 bits per heavy atom. The summed E-state index contributed by atoms with van der Waals surface area (Å²) in [7, 11) is 0. The van der Waals surface area contributed by atoms with E-state index in [0.717, 1.165) is 32.5 Å². The standard InChI is InChI=1S/C22H20N2O3S/c1-14-5-3-4-6-17(14)22-24-15(2)20(28-22)12-23-21(25)10-8-16-7-9-18-19(11-16)27-13-26-18/h3-11H,12-13H2,1-2H3,(H,23,25)/b10-8+. The molecule has 6 heteroatoms. The first kappa shape index (κ1) is 18.3. The van der Waals surface area contributed by atoms with Crippen LogP contribution in [0.5, 0.6) is 11.5 Å². The Labute approximate surface area is 167 Å². The smallest absolute Gasteiger partial charge is 0.244 e. The Balaban J connectivity index is 1.39. The number of amides is 1. The van der Waals surface area contributed by atoms with Gasteiger partial charge in [0, 0.05) is 16.5 Å². The first-order chi connectivity index (χ1) is 13.6. The number of thiazole rings is 1. The van der Waals surface area contributed by atoms with Gasteiger partial charge in [0.2, 0.25) is 12.7 Å². The zero-order valence-corrected chi connectivity index (χ0v) is 16.5. The van der Waals surface area contributed by atoms with Crippen molar-refractivity contribution in [3.8, 4) is 22.1 Å². The van der Waals surface area contributed by atoms with Gasteiger partial charge in [-0.25, -0.2) is 4.98 Å². The molecular formula is C22H20N2O3S. The average Bonchev–Trinajstić information content (AvgIpc) is 3.31. The maximum atomic E-state index is 12.2. The van der Waals surface area contributed by atoms with E-state index < -0.39 is 0 Å². The zero-order chi connectivity index (χ0) is 19.5. The van der Waals surface area contributed by atoms with Crippen LogP contribution in [-0.4, -0.2) is 17.7 Å². The van der Waals surface area contributed by atoms with Gasteiger partial charge >= 0.3 is 0 Å². The normalized spacial score (nSPS) is 12.5. The molecule has 4 rings (SSSR count). The number of benzene rings is 2. The molecule has 3 aromatic rings. The molecule has 1 aliphatic rings. The number of carbonyl (C=O) groups is 1. The van der Waals surface area contributed by atoms with Crippen LogP contribution >= 0.6 is 11.3 Å². The molecule has 1 aromatic heterocycles. The molecule has 0 saturated heterocycles. The summed E-state index contributed by atoms with van der Waals surface area (Å²) in [4.78, 5) is 17.9. The third-order valence-electron chi connectivity index (χ3n) is 4.52. The van der Waals surface area contributed by atoms with Crippen LogP contribution in [0.25, 0.3) is 16.6 Å². The van der Waals surface area contributed by atoms with Crippen LogP contribution in [0, 0.1) is 13.8 Å². The van der Waals surface area contributed by atoms with Gasteiger partial charge in [-0.3, -0.25) is 4.79 Å². The summed E-state index contributed by atoms with van der Waals surface area (Å²) in [5.41, 5.74) is 4.16. The fourth-order valence-electron chi connectivity index (χ4n) is 2.94. The van der Waals surface area contributed by atoms with Crippen molar-refractivity contribution in [2.75, 3.05) is 6.79 Å². The maximum Gasteiger partial charge on any atom is 0.244 e. The highest BCUT2D eigenvalue weighted by atomic mass is 32.1. The number of ether oxygens (including phenoxy) is 2. The fraction of sp³-hybridized carbons (Fsp3) is 0.182. The first-order valence-corrected chi connectivity index (χ1v) is 9.79. The number of nitrogens with zero attached hydrogens (tertiary/aromatic N) is 1. The van der Waals surface area contributed by atoms with Crippen molar-refractivity contribution in [1.29, 1.82) is 0 Å². The number of rotatable bonds is 5. The highest BCUT2D eigenvalue weighted by Gasteiger charge is 2.13. The molecule has 2 heterocycles. The van der Waals surface area contributed by atoms with Gasteiger partial charge in [0.15, 0.2) is 11.5 Å². The van der Waals surface area contributed by atoms with Gasteiger partial charge < -0.3 is 14.8 Å². The van der Waals surface area contributed by atoms with Crippen LogP contribution in [0.15, 0.2) is 48.5 Å². The Morgan fingerprint density at radius 1 is 1.18 bits per heavy atom. The second kappa shape index (κ2) is 7.86. The lowest BCUT2D eigenvalue weighted by atomic mass is 10.1. The van der Waals surface area contributed by atoms with E-state index in [9.17, 15) is 4.79 Å². The van der Waals surface area contributed by atoms with E-state index in [2.05, 4.69) is 29.4 Å². The fourth-order valence-corrected chi connectivity index (χ4v) is 4.03. The molecule has 1 amide bonds. The van der Waals surface area contributed by atoms with Crippen molar-refractivity contribution in [2.45, 2.75) is 20.4 Å². The van der Waals surface area contributed by atoms with Crippen molar-refractivity contribution in [3.63, 3.8) is 0 Å². The third-order valence-corrected chi connectivity index (χ3v) is 5.71. The number of hydrogen-bond acceptors (Lipinski definition) is 5. The predicted octanol–water partition coefficient (Wildman–Crippen LogP) is 4.49. The average molecular weight is 392 g/mol. The third kappa shape index (κ3) is 3.92. The topological polar surface area (TPSA) is 60.5 Å². The molecule has 0 aliphatic carbocycles. The van der Waals surface area contributed by atoms with Gasteiger partial charge in [0.1, 0.15) is 5.01 Å². The van der Waals surface area contributed by atoms with Gasteiger partial charge in [0.25, 0.3) is 0 Å². The van der Waals surface area contributed by atoms with Crippen LogP contribution in [0.1, 0.15) is 21.7 Å². The van der Waals surface area contributed by atoms with Crippen molar-refractivity contribution >= 4 is 23.3 Å². The lowest BCUT2D eigenvalue weighted by Gasteiger charge is -2.01. The number of nitrogens with one attached hydrogen (secondary N) is 1. The molecule has 0 saturated carbocycles. The summed E-state index contributed by atoms with van der Waals surface area (Å²) in [6.07, 6.45) is 3.28. The van der Waals surface area contributed by atoms with Crippen LogP contribution < -0.4 is 14.8 Å². The Morgan fingerprint density at radius 3 is 2.86 bits per heavy atom. The van der Waals surface area contributed by atoms with Gasteiger partial charge in [-0.15, -0.1) is 11.3 Å². The van der Waals surface area contributed by atoms with Crippen molar-refractivity contribution in [2.24, 2.45) is 0 Å². The highest BCUT2D eigenvalue weighted by Crippen LogP contribution is 2.33. The minimum absolute atomic E-state index is 0.150. The van der Waals surface area contributed by atoms with E-state index in [0.29, 0.717) is 12.3 Å². The number of aryl methyl sites for hydroxylation is 2. The van der Waals surface area contributed by atoms with Gasteiger partial charge in [-0.1, -0.05) is 30.3 Å². The van der Waals surface area contributed by atoms with Gasteiger partial charge in [0.05, 0.1) is 12.2 Å². The molecule has 28 heavy (non-hydrogen) atoms. The summed E-state index contributed by atoms with van der Waals surface area (Å²) < 4.78 is 10.6. The van der Waals surface area contributed by atoms with Crippen LogP contribution in [0.2, 0.25) is 0 Å². The van der Waals surface area contributed by atoms with Gasteiger partial charge in [-0.2, -0.15) is 0 Å². The number of aromatic nitrogens is 1. The molecule has 0 radical (unpaired) electrons. The molecular weight excluding hydrogens is 372 g/mol. The lowest BCUT2D eigenvalue weighted by molar-refractivity contribution is -0.116. The van der Waals surface area contributed by atoms with E-state index >= 15 is 0 Å². The Kier molecular flexibility index (Phi) is 5.12. The predicted molar refractivity (Wildman–Crippen MR) is 110 cm³/mol. The van der Waals surface area contributed by atoms with Crippen LogP contribution in [0.3, 0.4) is 0 Å². The van der Waals surface area contributed by atoms with E-state index in [1.54, 1.807) is 17.4 Å². The molecule has 0 fully saturated rings. The van der Waals surface area contributed by atoms with Crippen molar-refractivity contribution in [3.05, 3.63) is 70.2 Å². The molecule has 1 aliphatic heterocycles. The summed E-state index contributed by atoms with van der Waals surface area (Å²) in [5.74, 6) is 1.28. The minimum Gasteiger partial charge on any atom is -0.454 e. The second-order valence-corrected chi connectivity index (χ2v) is 7.59. The molecule has 0 spiro atoms. The molecule has 0 atom stereocenters. The summed E-state index contributed by atoms with van der Waals surface area (Å²) >= 11 is 1.62. The Hall–Kier alpha value is -3.12. The molecule has 0 unspecified atom stereocenters. The molecule has 142 valence electrons. The van der Waals surface area contributed by atoms with Crippen LogP contribution in [-0.2, 0) is 11.3 Å². The monoisotopic (exact) mass is 392 g/mol. The number of hydrogen-bond donors (Lipinski definition) is 1. The summed E-state index contributed by atoms with van der Waals surface area (Å²) in [6, 6.07) is 13.8. The molecule has 5 nitrogen and oxygen atoms in total. The maximum absolute atomic E-state index is 12.2. The van der Waals surface area contributed by atoms with Gasteiger partial charge in [-0.05, 0) is 43.2 Å².